The van der Waals surface area contributed by atoms with Gasteiger partial charge in [0.15, 0.2) is 0 Å². The molecule has 5 heteroatoms. The van der Waals surface area contributed by atoms with Crippen molar-refractivity contribution in [1.29, 1.82) is 0 Å². The van der Waals surface area contributed by atoms with Crippen molar-refractivity contribution in [2.45, 2.75) is 30.7 Å². The van der Waals surface area contributed by atoms with Crippen LogP contribution in [0.15, 0.2) is 21.5 Å². The fraction of sp³-hybridized carbons (Fsp3) is 0.500. The molecule has 0 saturated heterocycles. The summed E-state index contributed by atoms with van der Waals surface area (Å²) in [5.41, 5.74) is 1.67. The molecule has 19 heavy (non-hydrogen) atoms. The lowest BCUT2D eigenvalue weighted by Gasteiger charge is -2.15. The van der Waals surface area contributed by atoms with Crippen molar-refractivity contribution in [3.63, 3.8) is 0 Å². The SMILES string of the molecule is C[S@](=O)c1cc(Br)cc2c1C(=O)N(CCC1CC1)C2. The van der Waals surface area contributed by atoms with E-state index in [1.807, 2.05) is 11.0 Å². The van der Waals surface area contributed by atoms with E-state index < -0.39 is 10.8 Å². The zero-order chi connectivity index (χ0) is 13.6. The Hall–Kier alpha value is -0.680. The van der Waals surface area contributed by atoms with Crippen LogP contribution < -0.4 is 0 Å². The number of nitrogens with zero attached hydrogens (tertiary/aromatic N) is 1. The zero-order valence-corrected chi connectivity index (χ0v) is 13.2. The molecule has 1 aromatic rings. The van der Waals surface area contributed by atoms with Crippen LogP contribution in [-0.2, 0) is 17.3 Å². The maximum Gasteiger partial charge on any atom is 0.255 e. The maximum absolute atomic E-state index is 12.4. The van der Waals surface area contributed by atoms with Crippen molar-refractivity contribution in [3.8, 4) is 0 Å². The van der Waals surface area contributed by atoms with Crippen LogP contribution in [0.2, 0.25) is 0 Å². The van der Waals surface area contributed by atoms with Crippen molar-refractivity contribution in [2.75, 3.05) is 12.8 Å². The smallest absolute Gasteiger partial charge is 0.255 e. The Labute approximate surface area is 124 Å². The second-order valence-electron chi connectivity index (χ2n) is 5.35. The van der Waals surface area contributed by atoms with Gasteiger partial charge in [-0.25, -0.2) is 0 Å². The highest BCUT2D eigenvalue weighted by atomic mass is 79.9. The third-order valence-electron chi connectivity index (χ3n) is 3.82. The minimum Gasteiger partial charge on any atom is -0.334 e. The van der Waals surface area contributed by atoms with Crippen LogP contribution in [0.5, 0.6) is 0 Å². The predicted molar refractivity (Wildman–Crippen MR) is 78.6 cm³/mol. The van der Waals surface area contributed by atoms with Crippen molar-refractivity contribution in [3.05, 3.63) is 27.7 Å². The lowest BCUT2D eigenvalue weighted by atomic mass is 10.1. The van der Waals surface area contributed by atoms with Crippen LogP contribution in [-0.4, -0.2) is 27.8 Å². The van der Waals surface area contributed by atoms with Gasteiger partial charge in [-0.2, -0.15) is 0 Å². The lowest BCUT2D eigenvalue weighted by molar-refractivity contribution is 0.0772. The average molecular weight is 342 g/mol. The molecule has 0 spiro atoms. The van der Waals surface area contributed by atoms with E-state index in [9.17, 15) is 9.00 Å². The number of fused-ring (bicyclic) bond motifs is 1. The lowest BCUT2D eigenvalue weighted by Crippen LogP contribution is -2.25. The van der Waals surface area contributed by atoms with E-state index in [4.69, 9.17) is 0 Å². The van der Waals surface area contributed by atoms with E-state index in [-0.39, 0.29) is 5.91 Å². The molecule has 1 amide bonds. The molecule has 0 N–H and O–H groups in total. The maximum atomic E-state index is 12.4. The van der Waals surface area contributed by atoms with Crippen molar-refractivity contribution >= 4 is 32.6 Å². The van der Waals surface area contributed by atoms with Gasteiger partial charge in [0.05, 0.1) is 21.3 Å². The largest absolute Gasteiger partial charge is 0.334 e. The predicted octanol–water partition coefficient (Wildman–Crippen LogP) is 2.94. The first-order chi connectivity index (χ1) is 9.06. The molecular formula is C14H16BrNO2S. The highest BCUT2D eigenvalue weighted by Gasteiger charge is 2.32. The molecule has 0 bridgehead atoms. The monoisotopic (exact) mass is 341 g/mol. The third kappa shape index (κ3) is 2.63. The van der Waals surface area contributed by atoms with E-state index in [0.717, 1.165) is 28.9 Å². The Morgan fingerprint density at radius 1 is 1.42 bits per heavy atom. The van der Waals surface area contributed by atoms with Crippen molar-refractivity contribution < 1.29 is 9.00 Å². The van der Waals surface area contributed by atoms with E-state index >= 15 is 0 Å². The summed E-state index contributed by atoms with van der Waals surface area (Å²) < 4.78 is 12.7. The summed E-state index contributed by atoms with van der Waals surface area (Å²) in [4.78, 5) is 15.0. The van der Waals surface area contributed by atoms with Crippen molar-refractivity contribution in [1.82, 2.24) is 4.90 Å². The first-order valence-electron chi connectivity index (χ1n) is 6.51. The minimum absolute atomic E-state index is 0.0494. The summed E-state index contributed by atoms with van der Waals surface area (Å²) in [7, 11) is -1.13. The number of benzene rings is 1. The molecule has 1 fully saturated rings. The van der Waals surface area contributed by atoms with Crippen LogP contribution in [0.1, 0.15) is 35.2 Å². The first-order valence-corrected chi connectivity index (χ1v) is 8.86. The van der Waals surface area contributed by atoms with E-state index in [0.29, 0.717) is 17.0 Å². The van der Waals surface area contributed by atoms with Gasteiger partial charge in [0.2, 0.25) is 0 Å². The number of carbonyl (C=O) groups is 1. The van der Waals surface area contributed by atoms with Gasteiger partial charge >= 0.3 is 0 Å². The Kier molecular flexibility index (Phi) is 3.52. The Morgan fingerprint density at radius 3 is 2.79 bits per heavy atom. The van der Waals surface area contributed by atoms with E-state index in [1.165, 1.54) is 12.8 Å². The molecule has 1 heterocycles. The van der Waals surface area contributed by atoms with Crippen LogP contribution in [0.4, 0.5) is 0 Å². The van der Waals surface area contributed by atoms with Crippen LogP contribution in [0, 0.1) is 5.92 Å². The summed E-state index contributed by atoms with van der Waals surface area (Å²) >= 11 is 3.43. The molecule has 1 saturated carbocycles. The van der Waals surface area contributed by atoms with Gasteiger partial charge in [0.1, 0.15) is 0 Å². The normalized spacial score (nSPS) is 19.7. The molecule has 102 valence electrons. The molecule has 1 aromatic carbocycles. The number of carbonyl (C=O) groups excluding carboxylic acids is 1. The molecule has 1 aliphatic heterocycles. The summed E-state index contributed by atoms with van der Waals surface area (Å²) in [6.45, 7) is 1.48. The van der Waals surface area contributed by atoms with E-state index in [1.54, 1.807) is 12.3 Å². The van der Waals surface area contributed by atoms with Gasteiger partial charge in [-0.15, -0.1) is 0 Å². The van der Waals surface area contributed by atoms with Crippen LogP contribution in [0.25, 0.3) is 0 Å². The molecule has 1 aliphatic carbocycles. The summed E-state index contributed by atoms with van der Waals surface area (Å²) in [6.07, 6.45) is 5.35. The molecule has 2 aliphatic rings. The third-order valence-corrected chi connectivity index (χ3v) is 5.22. The molecule has 0 unspecified atom stereocenters. The average Bonchev–Trinajstić information content (AvgIpc) is 3.12. The minimum atomic E-state index is -1.13. The fourth-order valence-electron chi connectivity index (χ4n) is 2.59. The number of hydrogen-bond acceptors (Lipinski definition) is 2. The van der Waals surface area contributed by atoms with Gasteiger partial charge in [-0.3, -0.25) is 9.00 Å². The molecule has 0 aromatic heterocycles. The standard InChI is InChI=1S/C14H16BrNO2S/c1-19(18)12-7-11(15)6-10-8-16(14(17)13(10)12)5-4-9-2-3-9/h6-7,9H,2-5,8H2,1H3/t19-/m0/s1. The number of halogens is 1. The van der Waals surface area contributed by atoms with Gasteiger partial charge in [0.25, 0.3) is 5.91 Å². The fourth-order valence-corrected chi connectivity index (χ4v) is 4.05. The molecule has 0 radical (unpaired) electrons. The highest BCUT2D eigenvalue weighted by Crippen LogP contribution is 2.35. The van der Waals surface area contributed by atoms with Gasteiger partial charge in [-0.1, -0.05) is 28.8 Å². The van der Waals surface area contributed by atoms with Crippen LogP contribution in [0.3, 0.4) is 0 Å². The zero-order valence-electron chi connectivity index (χ0n) is 10.8. The van der Waals surface area contributed by atoms with E-state index in [2.05, 4.69) is 15.9 Å². The number of rotatable bonds is 4. The second-order valence-corrected chi connectivity index (χ2v) is 7.61. The topological polar surface area (TPSA) is 37.4 Å². The Balaban J connectivity index is 1.88. The van der Waals surface area contributed by atoms with Crippen LogP contribution >= 0.6 is 15.9 Å². The molecular weight excluding hydrogens is 326 g/mol. The van der Waals surface area contributed by atoms with Gasteiger partial charge < -0.3 is 4.90 Å². The summed E-state index contributed by atoms with van der Waals surface area (Å²) in [5.74, 6) is 0.872. The highest BCUT2D eigenvalue weighted by molar-refractivity contribution is 9.10. The molecule has 1 atom stereocenters. The van der Waals surface area contributed by atoms with Gasteiger partial charge in [-0.05, 0) is 30.0 Å². The quantitative estimate of drug-likeness (QED) is 0.844. The van der Waals surface area contributed by atoms with Gasteiger partial charge in [0, 0.05) is 23.8 Å². The number of amides is 1. The summed E-state index contributed by atoms with van der Waals surface area (Å²) in [5, 5.41) is 0. The van der Waals surface area contributed by atoms with Crippen molar-refractivity contribution in [2.24, 2.45) is 5.92 Å². The molecule has 3 rings (SSSR count). The number of hydrogen-bond donors (Lipinski definition) is 0. The Bertz CT molecular complexity index is 569. The first kappa shape index (κ1) is 13.3. The summed E-state index contributed by atoms with van der Waals surface area (Å²) in [6, 6.07) is 3.78. The Morgan fingerprint density at radius 2 is 2.16 bits per heavy atom. The molecule has 3 nitrogen and oxygen atoms in total. The second kappa shape index (κ2) is 5.02.